The van der Waals surface area contributed by atoms with Gasteiger partial charge in [0.25, 0.3) is 5.91 Å². The van der Waals surface area contributed by atoms with Gasteiger partial charge in [-0.1, -0.05) is 0 Å². The van der Waals surface area contributed by atoms with Crippen LogP contribution in [0.3, 0.4) is 0 Å². The van der Waals surface area contributed by atoms with E-state index in [9.17, 15) is 9.59 Å². The molecule has 0 unspecified atom stereocenters. The second-order valence-electron chi connectivity index (χ2n) is 4.21. The van der Waals surface area contributed by atoms with Crippen LogP contribution in [0.2, 0.25) is 0 Å². The Balaban J connectivity index is 2.22. The zero-order chi connectivity index (χ0) is 14.0. The monoisotopic (exact) mass is 262 g/mol. The van der Waals surface area contributed by atoms with Crippen molar-refractivity contribution in [2.24, 2.45) is 0 Å². The van der Waals surface area contributed by atoms with Gasteiger partial charge >= 0.3 is 5.97 Å². The molecule has 0 bridgehead atoms. The van der Waals surface area contributed by atoms with Gasteiger partial charge < -0.3 is 10.4 Å². The summed E-state index contributed by atoms with van der Waals surface area (Å²) in [6, 6.07) is 1.82. The lowest BCUT2D eigenvalue weighted by atomic mass is 10.2. The molecule has 0 aliphatic heterocycles. The molecule has 0 aliphatic carbocycles. The fourth-order valence-electron chi connectivity index (χ4n) is 1.76. The van der Waals surface area contributed by atoms with Gasteiger partial charge in [0.15, 0.2) is 5.65 Å². The van der Waals surface area contributed by atoms with Crippen molar-refractivity contribution in [1.82, 2.24) is 19.9 Å². The highest BCUT2D eigenvalue weighted by Crippen LogP contribution is 2.10. The van der Waals surface area contributed by atoms with E-state index in [4.69, 9.17) is 5.11 Å². The second kappa shape index (κ2) is 5.05. The van der Waals surface area contributed by atoms with Crippen LogP contribution < -0.4 is 5.32 Å². The number of nitrogens with one attached hydrogen (secondary N) is 1. The molecule has 0 aliphatic rings. The van der Waals surface area contributed by atoms with Crippen LogP contribution in [0.15, 0.2) is 12.3 Å². The number of aromatic nitrogens is 3. The third-order valence-corrected chi connectivity index (χ3v) is 2.72. The average molecular weight is 262 g/mol. The van der Waals surface area contributed by atoms with Crippen LogP contribution in [0.4, 0.5) is 0 Å². The molecule has 0 aromatic carbocycles. The number of amides is 1. The number of carboxylic acids is 1. The molecule has 0 radical (unpaired) electrons. The summed E-state index contributed by atoms with van der Waals surface area (Å²) in [5, 5.41) is 15.3. The van der Waals surface area contributed by atoms with Crippen molar-refractivity contribution in [2.45, 2.75) is 20.3 Å². The summed E-state index contributed by atoms with van der Waals surface area (Å²) in [7, 11) is 0. The summed E-state index contributed by atoms with van der Waals surface area (Å²) in [5.41, 5.74) is 2.56. The van der Waals surface area contributed by atoms with Crippen molar-refractivity contribution in [3.8, 4) is 0 Å². The van der Waals surface area contributed by atoms with E-state index in [1.807, 2.05) is 13.0 Å². The Bertz CT molecular complexity index is 648. The molecule has 1 amide bonds. The fraction of sp³-hybridized carbons (Fsp3) is 0.333. The number of carboxylic acid groups (broad SMARTS) is 1. The molecule has 0 saturated heterocycles. The summed E-state index contributed by atoms with van der Waals surface area (Å²) < 4.78 is 1.60. The Labute approximate surface area is 109 Å². The Kier molecular flexibility index (Phi) is 3.46. The molecule has 2 aromatic rings. The van der Waals surface area contributed by atoms with E-state index < -0.39 is 5.97 Å². The van der Waals surface area contributed by atoms with Gasteiger partial charge in [0.2, 0.25) is 0 Å². The smallest absolute Gasteiger partial charge is 0.305 e. The molecule has 7 nitrogen and oxygen atoms in total. The SMILES string of the molecule is Cc1cc2ncc(C(=O)NCCC(=O)O)c(C)n2n1. The number of carbonyl (C=O) groups excluding carboxylic acids is 1. The predicted molar refractivity (Wildman–Crippen MR) is 67.0 cm³/mol. The highest BCUT2D eigenvalue weighted by Gasteiger charge is 2.13. The van der Waals surface area contributed by atoms with Crippen LogP contribution in [0.5, 0.6) is 0 Å². The number of rotatable bonds is 4. The minimum atomic E-state index is -0.951. The minimum Gasteiger partial charge on any atom is -0.481 e. The van der Waals surface area contributed by atoms with E-state index in [0.717, 1.165) is 5.69 Å². The molecule has 0 saturated carbocycles. The van der Waals surface area contributed by atoms with Crippen LogP contribution in [-0.4, -0.2) is 38.1 Å². The zero-order valence-corrected chi connectivity index (χ0v) is 10.7. The Morgan fingerprint density at radius 2 is 2.16 bits per heavy atom. The highest BCUT2D eigenvalue weighted by molar-refractivity contribution is 5.95. The van der Waals surface area contributed by atoms with E-state index in [0.29, 0.717) is 16.9 Å². The van der Waals surface area contributed by atoms with E-state index in [1.54, 1.807) is 11.4 Å². The van der Waals surface area contributed by atoms with Crippen LogP contribution in [-0.2, 0) is 4.79 Å². The highest BCUT2D eigenvalue weighted by atomic mass is 16.4. The average Bonchev–Trinajstić information content (AvgIpc) is 2.70. The normalized spacial score (nSPS) is 10.6. The summed E-state index contributed by atoms with van der Waals surface area (Å²) in [6.07, 6.45) is 1.36. The molecular formula is C12H14N4O3. The van der Waals surface area contributed by atoms with E-state index in [1.165, 1.54) is 6.20 Å². The van der Waals surface area contributed by atoms with Crippen LogP contribution in [0.25, 0.3) is 5.65 Å². The number of fused-ring (bicyclic) bond motifs is 1. The molecule has 2 aromatic heterocycles. The number of hydrogen-bond acceptors (Lipinski definition) is 4. The van der Waals surface area contributed by atoms with Gasteiger partial charge in [-0.3, -0.25) is 9.59 Å². The lowest BCUT2D eigenvalue weighted by Gasteiger charge is -2.07. The van der Waals surface area contributed by atoms with Crippen LogP contribution >= 0.6 is 0 Å². The zero-order valence-electron chi connectivity index (χ0n) is 10.7. The molecule has 0 fully saturated rings. The first-order chi connectivity index (χ1) is 8.99. The molecule has 19 heavy (non-hydrogen) atoms. The summed E-state index contributed by atoms with van der Waals surface area (Å²) >= 11 is 0. The van der Waals surface area contributed by atoms with Crippen molar-refractivity contribution < 1.29 is 14.7 Å². The first-order valence-corrected chi connectivity index (χ1v) is 5.81. The number of nitrogens with zero attached hydrogens (tertiary/aromatic N) is 3. The molecular weight excluding hydrogens is 248 g/mol. The summed E-state index contributed by atoms with van der Waals surface area (Å²) in [5.74, 6) is -1.30. The van der Waals surface area contributed by atoms with Gasteiger partial charge in [-0.05, 0) is 13.8 Å². The van der Waals surface area contributed by atoms with Crippen LogP contribution in [0, 0.1) is 13.8 Å². The van der Waals surface area contributed by atoms with E-state index >= 15 is 0 Å². The third-order valence-electron chi connectivity index (χ3n) is 2.72. The largest absolute Gasteiger partial charge is 0.481 e. The fourth-order valence-corrected chi connectivity index (χ4v) is 1.76. The van der Waals surface area contributed by atoms with Gasteiger partial charge in [-0.15, -0.1) is 0 Å². The molecule has 2 rings (SSSR count). The molecule has 0 spiro atoms. The summed E-state index contributed by atoms with van der Waals surface area (Å²) in [4.78, 5) is 26.4. The lowest BCUT2D eigenvalue weighted by molar-refractivity contribution is -0.136. The Morgan fingerprint density at radius 1 is 1.42 bits per heavy atom. The van der Waals surface area contributed by atoms with Gasteiger partial charge in [-0.25, -0.2) is 9.50 Å². The maximum atomic E-state index is 11.9. The standard InChI is InChI=1S/C12H14N4O3/c1-7-5-10-14-6-9(8(2)16(10)15-7)12(19)13-4-3-11(17)18/h5-6H,3-4H2,1-2H3,(H,13,19)(H,17,18). The maximum Gasteiger partial charge on any atom is 0.305 e. The number of aliphatic carboxylic acids is 1. The maximum absolute atomic E-state index is 11.9. The third kappa shape index (κ3) is 2.70. The Hall–Kier alpha value is -2.44. The van der Waals surface area contributed by atoms with Crippen LogP contribution in [0.1, 0.15) is 28.2 Å². The Morgan fingerprint density at radius 3 is 2.84 bits per heavy atom. The van der Waals surface area contributed by atoms with Gasteiger partial charge in [-0.2, -0.15) is 5.10 Å². The molecule has 7 heteroatoms. The van der Waals surface area contributed by atoms with Gasteiger partial charge in [0.05, 0.1) is 23.4 Å². The van der Waals surface area contributed by atoms with Crippen molar-refractivity contribution >= 4 is 17.5 Å². The number of hydrogen-bond donors (Lipinski definition) is 2. The van der Waals surface area contributed by atoms with E-state index in [2.05, 4.69) is 15.4 Å². The van der Waals surface area contributed by atoms with E-state index in [-0.39, 0.29) is 18.9 Å². The van der Waals surface area contributed by atoms with Crippen molar-refractivity contribution in [3.05, 3.63) is 29.2 Å². The topological polar surface area (TPSA) is 96.6 Å². The minimum absolute atomic E-state index is 0.0871. The van der Waals surface area contributed by atoms with Crippen molar-refractivity contribution in [1.29, 1.82) is 0 Å². The molecule has 2 heterocycles. The molecule has 0 atom stereocenters. The number of carbonyl (C=O) groups is 2. The first kappa shape index (κ1) is 13.0. The number of aryl methyl sites for hydroxylation is 2. The first-order valence-electron chi connectivity index (χ1n) is 5.81. The summed E-state index contributed by atoms with van der Waals surface area (Å²) in [6.45, 7) is 3.71. The van der Waals surface area contributed by atoms with Crippen molar-refractivity contribution in [3.63, 3.8) is 0 Å². The quantitative estimate of drug-likeness (QED) is 0.838. The van der Waals surface area contributed by atoms with Crippen molar-refractivity contribution in [2.75, 3.05) is 6.54 Å². The van der Waals surface area contributed by atoms with Gasteiger partial charge in [0, 0.05) is 18.8 Å². The predicted octanol–water partition coefficient (Wildman–Crippen LogP) is 0.551. The second-order valence-corrected chi connectivity index (χ2v) is 4.21. The molecule has 2 N–H and O–H groups in total. The molecule has 100 valence electrons. The van der Waals surface area contributed by atoms with Gasteiger partial charge in [0.1, 0.15) is 0 Å². The lowest BCUT2D eigenvalue weighted by Crippen LogP contribution is -2.27.